The molecule has 0 amide bonds. The minimum Gasteiger partial charge on any atom is -0.452 e. The molecule has 0 aliphatic rings. The summed E-state index contributed by atoms with van der Waals surface area (Å²) in [5.74, 6) is -0.604. The Labute approximate surface area is 172 Å². The van der Waals surface area contributed by atoms with Crippen LogP contribution in [0.15, 0.2) is 82.0 Å². The lowest BCUT2D eigenvalue weighted by molar-refractivity contribution is 0.0731. The first-order chi connectivity index (χ1) is 14.1. The molecular weight excluding hydrogens is 388 g/mol. The van der Waals surface area contributed by atoms with E-state index in [9.17, 15) is 9.59 Å². The Balaban J connectivity index is 1.91. The van der Waals surface area contributed by atoms with Crippen LogP contribution in [0.1, 0.15) is 22.8 Å². The highest BCUT2D eigenvalue weighted by atomic mass is 35.5. The highest BCUT2D eigenvalue weighted by Crippen LogP contribution is 2.31. The molecule has 4 rings (SSSR count). The van der Waals surface area contributed by atoms with Gasteiger partial charge in [0.15, 0.2) is 5.76 Å². The fourth-order valence-corrected chi connectivity index (χ4v) is 3.27. The standard InChI is InChI=1S/C24H17ClO4/c1-2-15-11-12-20-19(13-15)21(26)23(22(28-20)16-7-4-3-5-8-16)29-24(27)17-9-6-10-18(25)14-17/h3-14H,2H2,1H3. The van der Waals surface area contributed by atoms with Crippen molar-refractivity contribution in [1.29, 1.82) is 0 Å². The second-order valence-electron chi connectivity index (χ2n) is 6.54. The van der Waals surface area contributed by atoms with Crippen LogP contribution in [0.4, 0.5) is 0 Å². The zero-order valence-corrected chi connectivity index (χ0v) is 16.4. The highest BCUT2D eigenvalue weighted by molar-refractivity contribution is 6.30. The first-order valence-electron chi connectivity index (χ1n) is 9.19. The SMILES string of the molecule is CCc1ccc2oc(-c3ccccc3)c(OC(=O)c3cccc(Cl)c3)c(=O)c2c1. The molecule has 0 unspecified atom stereocenters. The van der Waals surface area contributed by atoms with Crippen molar-refractivity contribution >= 4 is 28.5 Å². The van der Waals surface area contributed by atoms with Crippen LogP contribution in [0.25, 0.3) is 22.3 Å². The Kier molecular flexibility index (Phi) is 5.19. The average Bonchev–Trinajstić information content (AvgIpc) is 2.75. The van der Waals surface area contributed by atoms with Gasteiger partial charge in [0.25, 0.3) is 0 Å². The number of fused-ring (bicyclic) bond motifs is 1. The number of halogens is 1. The quantitative estimate of drug-likeness (QED) is 0.397. The number of ether oxygens (including phenoxy) is 1. The summed E-state index contributed by atoms with van der Waals surface area (Å²) in [5, 5.41) is 0.777. The second kappa shape index (κ2) is 7.94. The lowest BCUT2D eigenvalue weighted by atomic mass is 10.1. The molecule has 0 bridgehead atoms. The molecule has 0 spiro atoms. The van der Waals surface area contributed by atoms with Crippen LogP contribution >= 0.6 is 11.6 Å². The summed E-state index contributed by atoms with van der Waals surface area (Å²) in [7, 11) is 0. The predicted molar refractivity (Wildman–Crippen MR) is 114 cm³/mol. The fourth-order valence-electron chi connectivity index (χ4n) is 3.08. The van der Waals surface area contributed by atoms with Gasteiger partial charge in [-0.05, 0) is 42.3 Å². The first-order valence-corrected chi connectivity index (χ1v) is 9.57. The van der Waals surface area contributed by atoms with Crippen LogP contribution < -0.4 is 10.2 Å². The van der Waals surface area contributed by atoms with E-state index in [2.05, 4.69) is 0 Å². The van der Waals surface area contributed by atoms with Gasteiger partial charge in [-0.1, -0.05) is 61.0 Å². The highest BCUT2D eigenvalue weighted by Gasteiger charge is 2.21. The van der Waals surface area contributed by atoms with Crippen LogP contribution in [-0.4, -0.2) is 5.97 Å². The Hall–Kier alpha value is -3.37. The molecule has 0 saturated heterocycles. The zero-order valence-electron chi connectivity index (χ0n) is 15.6. The van der Waals surface area contributed by atoms with Crippen molar-refractivity contribution in [2.45, 2.75) is 13.3 Å². The largest absolute Gasteiger partial charge is 0.452 e. The van der Waals surface area contributed by atoms with E-state index >= 15 is 0 Å². The third-order valence-corrected chi connectivity index (χ3v) is 4.85. The molecule has 0 atom stereocenters. The molecular formula is C24H17ClO4. The molecule has 4 nitrogen and oxygen atoms in total. The molecule has 1 aromatic heterocycles. The molecule has 3 aromatic carbocycles. The predicted octanol–water partition coefficient (Wildman–Crippen LogP) is 5.90. The van der Waals surface area contributed by atoms with Gasteiger partial charge < -0.3 is 9.15 Å². The van der Waals surface area contributed by atoms with Crippen molar-refractivity contribution in [1.82, 2.24) is 0 Å². The van der Waals surface area contributed by atoms with Gasteiger partial charge in [0, 0.05) is 10.6 Å². The van der Waals surface area contributed by atoms with E-state index in [0.717, 1.165) is 12.0 Å². The van der Waals surface area contributed by atoms with Crippen molar-refractivity contribution in [3.63, 3.8) is 0 Å². The average molecular weight is 405 g/mol. The van der Waals surface area contributed by atoms with E-state index in [-0.39, 0.29) is 17.1 Å². The third kappa shape index (κ3) is 3.80. The summed E-state index contributed by atoms with van der Waals surface area (Å²) >= 11 is 5.97. The maximum atomic E-state index is 13.3. The van der Waals surface area contributed by atoms with Crippen molar-refractivity contribution in [2.75, 3.05) is 0 Å². The molecule has 144 valence electrons. The van der Waals surface area contributed by atoms with Gasteiger partial charge in [0.1, 0.15) is 5.58 Å². The maximum absolute atomic E-state index is 13.3. The minimum atomic E-state index is -0.678. The smallest absolute Gasteiger partial charge is 0.343 e. The van der Waals surface area contributed by atoms with Crippen LogP contribution in [0.5, 0.6) is 5.75 Å². The van der Waals surface area contributed by atoms with Crippen molar-refractivity contribution in [2.24, 2.45) is 0 Å². The van der Waals surface area contributed by atoms with Crippen LogP contribution in [0.2, 0.25) is 5.02 Å². The maximum Gasteiger partial charge on any atom is 0.343 e. The minimum absolute atomic E-state index is 0.137. The summed E-state index contributed by atoms with van der Waals surface area (Å²) < 4.78 is 11.6. The number of esters is 1. The summed E-state index contributed by atoms with van der Waals surface area (Å²) in [6.45, 7) is 2.00. The Morgan fingerprint density at radius 3 is 2.52 bits per heavy atom. The molecule has 0 aliphatic carbocycles. The van der Waals surface area contributed by atoms with E-state index < -0.39 is 11.4 Å². The molecule has 0 fully saturated rings. The second-order valence-corrected chi connectivity index (χ2v) is 6.98. The van der Waals surface area contributed by atoms with E-state index in [1.165, 1.54) is 6.07 Å². The van der Waals surface area contributed by atoms with E-state index in [0.29, 0.717) is 21.6 Å². The normalized spacial score (nSPS) is 10.8. The summed E-state index contributed by atoms with van der Waals surface area (Å²) in [4.78, 5) is 26.0. The van der Waals surface area contributed by atoms with E-state index in [1.807, 2.05) is 31.2 Å². The van der Waals surface area contributed by atoms with E-state index in [1.54, 1.807) is 42.5 Å². The lowest BCUT2D eigenvalue weighted by Gasteiger charge is -2.11. The molecule has 29 heavy (non-hydrogen) atoms. The van der Waals surface area contributed by atoms with Crippen molar-refractivity contribution < 1.29 is 13.9 Å². The Bertz CT molecular complexity index is 1260. The number of carbonyl (C=O) groups excluding carboxylic acids is 1. The molecule has 5 heteroatoms. The topological polar surface area (TPSA) is 56.5 Å². The van der Waals surface area contributed by atoms with Crippen molar-refractivity contribution in [3.05, 3.63) is 99.2 Å². The Morgan fingerprint density at radius 2 is 1.79 bits per heavy atom. The number of rotatable bonds is 4. The van der Waals surface area contributed by atoms with Gasteiger partial charge in [-0.2, -0.15) is 0 Å². The molecule has 0 aliphatic heterocycles. The van der Waals surface area contributed by atoms with Gasteiger partial charge in [-0.15, -0.1) is 0 Å². The number of carbonyl (C=O) groups is 1. The van der Waals surface area contributed by atoms with Gasteiger partial charge in [0.05, 0.1) is 10.9 Å². The zero-order chi connectivity index (χ0) is 20.4. The summed E-state index contributed by atoms with van der Waals surface area (Å²) in [6.07, 6.45) is 0.771. The molecule has 1 heterocycles. The van der Waals surface area contributed by atoms with Gasteiger partial charge in [-0.3, -0.25) is 4.79 Å². The molecule has 4 aromatic rings. The number of hydrogen-bond acceptors (Lipinski definition) is 4. The van der Waals surface area contributed by atoms with Gasteiger partial charge in [0.2, 0.25) is 11.2 Å². The molecule has 0 N–H and O–H groups in total. The van der Waals surface area contributed by atoms with Crippen LogP contribution in [-0.2, 0) is 6.42 Å². The lowest BCUT2D eigenvalue weighted by Crippen LogP contribution is -2.16. The van der Waals surface area contributed by atoms with Gasteiger partial charge in [-0.25, -0.2) is 4.79 Å². The van der Waals surface area contributed by atoms with Gasteiger partial charge >= 0.3 is 5.97 Å². The summed E-state index contributed by atoms with van der Waals surface area (Å²) in [6, 6.07) is 20.9. The van der Waals surface area contributed by atoms with Crippen LogP contribution in [0.3, 0.4) is 0 Å². The van der Waals surface area contributed by atoms with Crippen LogP contribution in [0, 0.1) is 0 Å². The summed E-state index contributed by atoms with van der Waals surface area (Å²) in [5.41, 5.74) is 1.92. The first kappa shape index (κ1) is 19.0. The number of benzene rings is 3. The van der Waals surface area contributed by atoms with E-state index in [4.69, 9.17) is 20.8 Å². The monoisotopic (exact) mass is 404 g/mol. The number of aryl methyl sites for hydroxylation is 1. The third-order valence-electron chi connectivity index (χ3n) is 4.61. The Morgan fingerprint density at radius 1 is 1.00 bits per heavy atom. The molecule has 0 radical (unpaired) electrons. The van der Waals surface area contributed by atoms with Crippen molar-refractivity contribution in [3.8, 4) is 17.1 Å². The fraction of sp³-hybridized carbons (Fsp3) is 0.0833. The number of hydrogen-bond donors (Lipinski definition) is 0. The molecule has 0 saturated carbocycles.